The maximum absolute atomic E-state index is 5.95. The lowest BCUT2D eigenvalue weighted by Gasteiger charge is -2.12. The quantitative estimate of drug-likeness (QED) is 0.726. The van der Waals surface area contributed by atoms with Crippen LogP contribution in [0.5, 0.6) is 5.75 Å². The van der Waals surface area contributed by atoms with Crippen LogP contribution in [0.4, 0.5) is 0 Å². The molecule has 0 aliphatic carbocycles. The smallest absolute Gasteiger partial charge is 0.123 e. The van der Waals surface area contributed by atoms with Crippen molar-refractivity contribution in [3.05, 3.63) is 63.3 Å². The van der Waals surface area contributed by atoms with Crippen LogP contribution in [0.2, 0.25) is 4.34 Å². The van der Waals surface area contributed by atoms with Crippen molar-refractivity contribution in [2.75, 3.05) is 7.11 Å². The molecule has 3 rings (SSSR count). The van der Waals surface area contributed by atoms with E-state index in [1.807, 2.05) is 12.1 Å². The summed E-state index contributed by atoms with van der Waals surface area (Å²) in [4.78, 5) is 1.24. The Morgan fingerprint density at radius 1 is 1.05 bits per heavy atom. The van der Waals surface area contributed by atoms with E-state index in [-0.39, 0.29) is 0 Å². The molecule has 2 nitrogen and oxygen atoms in total. The first-order valence-corrected chi connectivity index (χ1v) is 7.97. The zero-order valence-corrected chi connectivity index (χ0v) is 13.3. The number of fused-ring (bicyclic) bond motifs is 1. The lowest BCUT2D eigenvalue weighted by Crippen LogP contribution is -2.13. The minimum Gasteiger partial charge on any atom is -0.496 e. The minimum atomic E-state index is 0.764. The van der Waals surface area contributed by atoms with Gasteiger partial charge >= 0.3 is 0 Å². The van der Waals surface area contributed by atoms with Gasteiger partial charge in [-0.3, -0.25) is 0 Å². The summed E-state index contributed by atoms with van der Waals surface area (Å²) >= 11 is 7.56. The second kappa shape index (κ2) is 6.48. The molecule has 0 amide bonds. The standard InChI is InChI=1S/C17H16ClNOS/c1-20-16-8-6-12-4-2-3-5-14(12)15(16)11-19-10-13-7-9-17(18)21-13/h2-9,19H,10-11H2,1H3. The largest absolute Gasteiger partial charge is 0.496 e. The predicted octanol–water partition coefficient (Wildman–Crippen LogP) is 4.85. The van der Waals surface area contributed by atoms with Crippen molar-refractivity contribution in [2.45, 2.75) is 13.1 Å². The average Bonchev–Trinajstić information content (AvgIpc) is 2.93. The number of hydrogen-bond acceptors (Lipinski definition) is 3. The van der Waals surface area contributed by atoms with Crippen LogP contribution < -0.4 is 10.1 Å². The molecule has 0 saturated carbocycles. The number of rotatable bonds is 5. The molecule has 3 aromatic rings. The van der Waals surface area contributed by atoms with E-state index in [9.17, 15) is 0 Å². The van der Waals surface area contributed by atoms with Crippen molar-refractivity contribution in [3.8, 4) is 5.75 Å². The number of nitrogens with one attached hydrogen (secondary N) is 1. The highest BCUT2D eigenvalue weighted by Crippen LogP contribution is 2.28. The van der Waals surface area contributed by atoms with Crippen molar-refractivity contribution in [2.24, 2.45) is 0 Å². The highest BCUT2D eigenvalue weighted by atomic mass is 35.5. The summed E-state index contributed by atoms with van der Waals surface area (Å²) < 4.78 is 6.33. The number of ether oxygens (including phenoxy) is 1. The number of halogens is 1. The Labute approximate surface area is 133 Å². The molecule has 0 unspecified atom stereocenters. The first kappa shape index (κ1) is 14.4. The van der Waals surface area contributed by atoms with Gasteiger partial charge in [-0.05, 0) is 29.0 Å². The SMILES string of the molecule is COc1ccc2ccccc2c1CNCc1ccc(Cl)s1. The van der Waals surface area contributed by atoms with E-state index in [2.05, 4.69) is 41.7 Å². The van der Waals surface area contributed by atoms with Crippen LogP contribution >= 0.6 is 22.9 Å². The molecule has 1 aromatic heterocycles. The lowest BCUT2D eigenvalue weighted by molar-refractivity contribution is 0.408. The fourth-order valence-electron chi connectivity index (χ4n) is 2.45. The van der Waals surface area contributed by atoms with E-state index in [0.717, 1.165) is 23.2 Å². The number of benzene rings is 2. The van der Waals surface area contributed by atoms with Crippen molar-refractivity contribution in [3.63, 3.8) is 0 Å². The normalized spacial score (nSPS) is 11.0. The monoisotopic (exact) mass is 317 g/mol. The summed E-state index contributed by atoms with van der Waals surface area (Å²) in [6, 6.07) is 16.5. The average molecular weight is 318 g/mol. The molecule has 0 bridgehead atoms. The van der Waals surface area contributed by atoms with Gasteiger partial charge < -0.3 is 10.1 Å². The third-order valence-corrected chi connectivity index (χ3v) is 4.68. The van der Waals surface area contributed by atoms with Gasteiger partial charge in [0.2, 0.25) is 0 Å². The highest BCUT2D eigenvalue weighted by molar-refractivity contribution is 7.16. The molecule has 1 heterocycles. The zero-order valence-electron chi connectivity index (χ0n) is 11.7. The molecule has 0 aliphatic rings. The van der Waals surface area contributed by atoms with Gasteiger partial charge in [0.1, 0.15) is 5.75 Å². The Kier molecular flexibility index (Phi) is 4.44. The van der Waals surface area contributed by atoms with Crippen LogP contribution in [0.15, 0.2) is 48.5 Å². The molecule has 0 saturated heterocycles. The van der Waals surface area contributed by atoms with E-state index in [0.29, 0.717) is 0 Å². The summed E-state index contributed by atoms with van der Waals surface area (Å²) in [5, 5.41) is 5.93. The molecule has 21 heavy (non-hydrogen) atoms. The second-order valence-electron chi connectivity index (χ2n) is 4.78. The number of thiophene rings is 1. The summed E-state index contributed by atoms with van der Waals surface area (Å²) in [7, 11) is 1.71. The van der Waals surface area contributed by atoms with E-state index in [1.54, 1.807) is 18.4 Å². The molecule has 0 atom stereocenters. The molecular formula is C17H16ClNOS. The molecule has 1 N–H and O–H groups in total. The summed E-state index contributed by atoms with van der Waals surface area (Å²) in [6.07, 6.45) is 0. The van der Waals surface area contributed by atoms with Gasteiger partial charge in [-0.25, -0.2) is 0 Å². The Morgan fingerprint density at radius 3 is 2.67 bits per heavy atom. The maximum Gasteiger partial charge on any atom is 0.123 e. The van der Waals surface area contributed by atoms with Crippen molar-refractivity contribution in [1.29, 1.82) is 0 Å². The fourth-order valence-corrected chi connectivity index (χ4v) is 3.50. The molecule has 4 heteroatoms. The van der Waals surface area contributed by atoms with Crippen molar-refractivity contribution >= 4 is 33.7 Å². The van der Waals surface area contributed by atoms with E-state index < -0.39 is 0 Å². The van der Waals surface area contributed by atoms with Gasteiger partial charge in [0.25, 0.3) is 0 Å². The van der Waals surface area contributed by atoms with Gasteiger partial charge in [0.05, 0.1) is 11.4 Å². The topological polar surface area (TPSA) is 21.3 Å². The van der Waals surface area contributed by atoms with Crippen molar-refractivity contribution in [1.82, 2.24) is 5.32 Å². The van der Waals surface area contributed by atoms with Crippen LogP contribution in [0, 0.1) is 0 Å². The zero-order chi connectivity index (χ0) is 14.7. The molecule has 0 aliphatic heterocycles. The van der Waals surface area contributed by atoms with E-state index >= 15 is 0 Å². The predicted molar refractivity (Wildman–Crippen MR) is 90.4 cm³/mol. The lowest BCUT2D eigenvalue weighted by atomic mass is 10.0. The first-order chi connectivity index (χ1) is 10.3. The van der Waals surface area contributed by atoms with Crippen LogP contribution in [0.1, 0.15) is 10.4 Å². The molecule has 0 radical (unpaired) electrons. The van der Waals surface area contributed by atoms with Crippen LogP contribution in [-0.4, -0.2) is 7.11 Å². The van der Waals surface area contributed by atoms with Crippen LogP contribution in [-0.2, 0) is 13.1 Å². The first-order valence-electron chi connectivity index (χ1n) is 6.77. The summed E-state index contributed by atoms with van der Waals surface area (Å²) in [5.74, 6) is 0.922. The molecular weight excluding hydrogens is 302 g/mol. The molecule has 108 valence electrons. The third kappa shape index (κ3) is 3.21. The van der Waals surface area contributed by atoms with E-state index in [4.69, 9.17) is 16.3 Å². The Morgan fingerprint density at radius 2 is 1.90 bits per heavy atom. The number of hydrogen-bond donors (Lipinski definition) is 1. The minimum absolute atomic E-state index is 0.764. The Hall–Kier alpha value is -1.55. The van der Waals surface area contributed by atoms with E-state index in [1.165, 1.54) is 21.2 Å². The Bertz CT molecular complexity index is 753. The fraction of sp³-hybridized carbons (Fsp3) is 0.176. The highest BCUT2D eigenvalue weighted by Gasteiger charge is 2.08. The van der Waals surface area contributed by atoms with Crippen molar-refractivity contribution < 1.29 is 4.74 Å². The van der Waals surface area contributed by atoms with Gasteiger partial charge in [0.15, 0.2) is 0 Å². The van der Waals surface area contributed by atoms with Crippen LogP contribution in [0.3, 0.4) is 0 Å². The van der Waals surface area contributed by atoms with Gasteiger partial charge in [0, 0.05) is 23.5 Å². The van der Waals surface area contributed by atoms with Crippen LogP contribution in [0.25, 0.3) is 10.8 Å². The van der Waals surface area contributed by atoms with Gasteiger partial charge in [-0.1, -0.05) is 41.9 Å². The van der Waals surface area contributed by atoms with Gasteiger partial charge in [-0.2, -0.15) is 0 Å². The number of methoxy groups -OCH3 is 1. The second-order valence-corrected chi connectivity index (χ2v) is 6.58. The van der Waals surface area contributed by atoms with Gasteiger partial charge in [-0.15, -0.1) is 11.3 Å². The third-order valence-electron chi connectivity index (χ3n) is 3.45. The molecule has 0 spiro atoms. The molecule has 2 aromatic carbocycles. The Balaban J connectivity index is 1.81. The summed E-state index contributed by atoms with van der Waals surface area (Å²) in [6.45, 7) is 1.57. The summed E-state index contributed by atoms with van der Waals surface area (Å²) in [5.41, 5.74) is 1.19. The molecule has 0 fully saturated rings. The maximum atomic E-state index is 5.95.